The fourth-order valence-electron chi connectivity index (χ4n) is 2.89. The number of hydrogen-bond donors (Lipinski definition) is 1. The molecular formula is C22H22Cl2N2O2. The smallest absolute Gasteiger partial charge is 0.333 e. The second-order valence-corrected chi connectivity index (χ2v) is 7.56. The van der Waals surface area contributed by atoms with E-state index in [9.17, 15) is 4.79 Å². The van der Waals surface area contributed by atoms with Crippen molar-refractivity contribution in [2.45, 2.75) is 6.04 Å². The lowest BCUT2D eigenvalue weighted by atomic mass is 10.1. The van der Waals surface area contributed by atoms with Crippen LogP contribution in [-0.2, 0) is 9.53 Å². The van der Waals surface area contributed by atoms with Gasteiger partial charge in [-0.25, -0.2) is 4.79 Å². The topological polar surface area (TPSA) is 41.6 Å². The van der Waals surface area contributed by atoms with Crippen molar-refractivity contribution in [3.63, 3.8) is 0 Å². The van der Waals surface area contributed by atoms with Crippen LogP contribution in [0.5, 0.6) is 0 Å². The maximum Gasteiger partial charge on any atom is 0.333 e. The molecule has 1 atom stereocenters. The van der Waals surface area contributed by atoms with Crippen molar-refractivity contribution in [2.75, 3.05) is 32.6 Å². The van der Waals surface area contributed by atoms with Crippen molar-refractivity contribution in [2.24, 2.45) is 0 Å². The van der Waals surface area contributed by atoms with Gasteiger partial charge in [0.15, 0.2) is 6.04 Å². The molecule has 146 valence electrons. The Balaban J connectivity index is 1.91. The highest BCUT2D eigenvalue weighted by atomic mass is 35.5. The van der Waals surface area contributed by atoms with Gasteiger partial charge in [0.2, 0.25) is 0 Å². The third kappa shape index (κ3) is 4.96. The Morgan fingerprint density at radius 1 is 1.00 bits per heavy atom. The molecule has 0 aliphatic heterocycles. The quantitative estimate of drug-likeness (QED) is 0.523. The van der Waals surface area contributed by atoms with Crippen LogP contribution >= 0.6 is 23.2 Å². The van der Waals surface area contributed by atoms with Gasteiger partial charge in [-0.1, -0.05) is 59.6 Å². The minimum atomic E-state index is -0.815. The number of halogens is 2. The number of carbonyl (C=O) groups excluding carboxylic acids is 1. The Morgan fingerprint density at radius 3 is 2.36 bits per heavy atom. The van der Waals surface area contributed by atoms with Gasteiger partial charge in [0, 0.05) is 27.8 Å². The van der Waals surface area contributed by atoms with E-state index < -0.39 is 12.0 Å². The van der Waals surface area contributed by atoms with Crippen LogP contribution in [0.1, 0.15) is 11.6 Å². The average molecular weight is 417 g/mol. The first-order valence-corrected chi connectivity index (χ1v) is 9.72. The standard InChI is InChI=1S/C22H22Cl2N2O2/c1-26(2)12-13-28-22(27)21(20-18(23)8-5-9-19(20)24)25-17-11-10-15-6-3-4-7-16(15)14-17/h3-11,14,21,25H,12-13H2,1-2H3. The lowest BCUT2D eigenvalue weighted by Gasteiger charge is -2.22. The minimum absolute atomic E-state index is 0.282. The number of nitrogens with zero attached hydrogens (tertiary/aromatic N) is 1. The first-order chi connectivity index (χ1) is 13.5. The molecule has 0 amide bonds. The Labute approximate surface area is 175 Å². The number of likely N-dealkylation sites (N-methyl/N-ethyl adjacent to an activating group) is 1. The SMILES string of the molecule is CN(C)CCOC(=O)C(Nc1ccc2ccccc2c1)c1c(Cl)cccc1Cl. The Kier molecular flexibility index (Phi) is 6.79. The van der Waals surface area contributed by atoms with Crippen LogP contribution in [-0.4, -0.2) is 38.1 Å². The number of benzene rings is 3. The number of hydrogen-bond acceptors (Lipinski definition) is 4. The summed E-state index contributed by atoms with van der Waals surface area (Å²) in [6.45, 7) is 0.911. The zero-order valence-electron chi connectivity index (χ0n) is 15.8. The summed E-state index contributed by atoms with van der Waals surface area (Å²) in [5, 5.41) is 6.26. The molecule has 1 N–H and O–H groups in total. The number of esters is 1. The number of ether oxygens (including phenoxy) is 1. The maximum absolute atomic E-state index is 12.9. The Hall–Kier alpha value is -2.27. The normalized spacial score (nSPS) is 12.2. The molecule has 3 rings (SSSR count). The summed E-state index contributed by atoms with van der Waals surface area (Å²) in [6, 6.07) is 18.3. The van der Waals surface area contributed by atoms with Crippen LogP contribution in [0.15, 0.2) is 60.7 Å². The minimum Gasteiger partial charge on any atom is -0.463 e. The first kappa shape index (κ1) is 20.5. The second kappa shape index (κ2) is 9.28. The summed E-state index contributed by atoms with van der Waals surface area (Å²) < 4.78 is 5.48. The van der Waals surface area contributed by atoms with Gasteiger partial charge in [-0.2, -0.15) is 0 Å². The van der Waals surface area contributed by atoms with E-state index in [2.05, 4.69) is 5.32 Å². The van der Waals surface area contributed by atoms with Gasteiger partial charge in [0.25, 0.3) is 0 Å². The predicted molar refractivity (Wildman–Crippen MR) is 116 cm³/mol. The fraction of sp³-hybridized carbons (Fsp3) is 0.227. The van der Waals surface area contributed by atoms with E-state index in [1.165, 1.54) is 0 Å². The molecule has 4 nitrogen and oxygen atoms in total. The summed E-state index contributed by atoms with van der Waals surface area (Å²) in [5.41, 5.74) is 1.29. The highest BCUT2D eigenvalue weighted by Gasteiger charge is 2.27. The molecule has 0 bridgehead atoms. The van der Waals surface area contributed by atoms with Gasteiger partial charge in [-0.15, -0.1) is 0 Å². The zero-order chi connectivity index (χ0) is 20.1. The largest absolute Gasteiger partial charge is 0.463 e. The number of rotatable bonds is 7. The maximum atomic E-state index is 12.9. The van der Waals surface area contributed by atoms with Crippen LogP contribution in [0.2, 0.25) is 10.0 Å². The van der Waals surface area contributed by atoms with Gasteiger partial charge >= 0.3 is 5.97 Å². The van der Waals surface area contributed by atoms with Crippen molar-refractivity contribution in [3.8, 4) is 0 Å². The van der Waals surface area contributed by atoms with Crippen molar-refractivity contribution in [1.82, 2.24) is 4.90 Å². The zero-order valence-corrected chi connectivity index (χ0v) is 17.3. The van der Waals surface area contributed by atoms with Crippen LogP contribution in [0, 0.1) is 0 Å². The van der Waals surface area contributed by atoms with Gasteiger partial charge in [-0.3, -0.25) is 0 Å². The monoisotopic (exact) mass is 416 g/mol. The fourth-order valence-corrected chi connectivity index (χ4v) is 3.51. The van der Waals surface area contributed by atoms with Crippen LogP contribution in [0.4, 0.5) is 5.69 Å². The molecule has 0 spiro atoms. The molecule has 0 aliphatic rings. The van der Waals surface area contributed by atoms with Crippen molar-refractivity contribution < 1.29 is 9.53 Å². The Morgan fingerprint density at radius 2 is 1.68 bits per heavy atom. The predicted octanol–water partition coefficient (Wildman–Crippen LogP) is 5.40. The van der Waals surface area contributed by atoms with Crippen LogP contribution in [0.25, 0.3) is 10.8 Å². The number of carbonyl (C=O) groups is 1. The molecular weight excluding hydrogens is 395 g/mol. The third-order valence-corrected chi connectivity index (χ3v) is 5.03. The number of nitrogens with one attached hydrogen (secondary N) is 1. The number of fused-ring (bicyclic) bond motifs is 1. The molecule has 0 saturated carbocycles. The highest BCUT2D eigenvalue weighted by Crippen LogP contribution is 2.34. The summed E-state index contributed by atoms with van der Waals surface area (Å²) in [5.74, 6) is -0.426. The lowest BCUT2D eigenvalue weighted by Crippen LogP contribution is -2.27. The third-order valence-electron chi connectivity index (χ3n) is 4.37. The van der Waals surface area contributed by atoms with E-state index in [4.69, 9.17) is 27.9 Å². The summed E-state index contributed by atoms with van der Waals surface area (Å²) >= 11 is 12.7. The van der Waals surface area contributed by atoms with Crippen LogP contribution < -0.4 is 5.32 Å². The van der Waals surface area contributed by atoms with Crippen LogP contribution in [0.3, 0.4) is 0 Å². The lowest BCUT2D eigenvalue weighted by molar-refractivity contribution is -0.145. The van der Waals surface area contributed by atoms with E-state index in [0.717, 1.165) is 16.5 Å². The summed E-state index contributed by atoms with van der Waals surface area (Å²) in [7, 11) is 3.84. The molecule has 6 heteroatoms. The van der Waals surface area contributed by atoms with E-state index in [0.29, 0.717) is 22.2 Å². The van der Waals surface area contributed by atoms with Crippen molar-refractivity contribution in [1.29, 1.82) is 0 Å². The van der Waals surface area contributed by atoms with Crippen molar-refractivity contribution in [3.05, 3.63) is 76.3 Å². The summed E-state index contributed by atoms with van der Waals surface area (Å²) in [6.07, 6.45) is 0. The molecule has 3 aromatic rings. The molecule has 3 aromatic carbocycles. The Bertz CT molecular complexity index is 955. The second-order valence-electron chi connectivity index (χ2n) is 6.75. The number of anilines is 1. The first-order valence-electron chi connectivity index (χ1n) is 8.96. The van der Waals surface area contributed by atoms with Gasteiger partial charge < -0.3 is 15.0 Å². The molecule has 0 saturated heterocycles. The van der Waals surface area contributed by atoms with E-state index in [-0.39, 0.29) is 6.61 Å². The summed E-state index contributed by atoms with van der Waals surface area (Å²) in [4.78, 5) is 14.8. The molecule has 0 aliphatic carbocycles. The molecule has 28 heavy (non-hydrogen) atoms. The average Bonchev–Trinajstić information content (AvgIpc) is 2.66. The van der Waals surface area contributed by atoms with Gasteiger partial charge in [0.1, 0.15) is 6.61 Å². The van der Waals surface area contributed by atoms with E-state index >= 15 is 0 Å². The van der Waals surface area contributed by atoms with Gasteiger partial charge in [-0.05, 0) is 49.1 Å². The molecule has 1 unspecified atom stereocenters. The molecule has 0 radical (unpaired) electrons. The molecule has 0 fully saturated rings. The molecule has 0 aromatic heterocycles. The molecule has 0 heterocycles. The van der Waals surface area contributed by atoms with Gasteiger partial charge in [0.05, 0.1) is 0 Å². The van der Waals surface area contributed by atoms with E-state index in [1.54, 1.807) is 18.2 Å². The highest BCUT2D eigenvalue weighted by molar-refractivity contribution is 6.36. The van der Waals surface area contributed by atoms with Crippen molar-refractivity contribution >= 4 is 45.6 Å². The van der Waals surface area contributed by atoms with E-state index in [1.807, 2.05) is 61.5 Å².